The van der Waals surface area contributed by atoms with E-state index in [2.05, 4.69) is 5.32 Å². The molecule has 0 aliphatic heterocycles. The van der Waals surface area contributed by atoms with Gasteiger partial charge in [-0.3, -0.25) is 0 Å². The van der Waals surface area contributed by atoms with Crippen LogP contribution in [0.15, 0.2) is 18.2 Å². The fraction of sp³-hybridized carbons (Fsp3) is 0.571. The van der Waals surface area contributed by atoms with Gasteiger partial charge in [0.15, 0.2) is 9.84 Å². The molecule has 114 valence electrons. The number of benzene rings is 1. The van der Waals surface area contributed by atoms with Crippen molar-refractivity contribution in [2.45, 2.75) is 38.5 Å². The molecule has 0 aromatic heterocycles. The second-order valence-corrected chi connectivity index (χ2v) is 8.34. The summed E-state index contributed by atoms with van der Waals surface area (Å²) in [5.74, 6) is -0.0159. The third kappa shape index (κ3) is 4.37. The number of halogens is 1. The van der Waals surface area contributed by atoms with E-state index in [1.807, 2.05) is 13.8 Å². The molecule has 1 aromatic rings. The summed E-state index contributed by atoms with van der Waals surface area (Å²) in [6.07, 6.45) is 1.14. The summed E-state index contributed by atoms with van der Waals surface area (Å²) in [4.78, 5) is 0. The molecule has 4 nitrogen and oxygen atoms in total. The van der Waals surface area contributed by atoms with Crippen molar-refractivity contribution in [3.8, 4) is 5.75 Å². The van der Waals surface area contributed by atoms with Crippen molar-refractivity contribution in [3.05, 3.63) is 24.0 Å². The summed E-state index contributed by atoms with van der Waals surface area (Å²) in [5.41, 5.74) is 0.262. The molecule has 1 aromatic carbocycles. The highest BCUT2D eigenvalue weighted by Gasteiger charge is 2.30. The standard InChI is InChI=1S/C14H22FNO3S/c1-10(2)19-11-6-7-13(12(15)8-11)16-9-14(3,4)20(5,17)18/h6-8,10,16H,9H2,1-5H3. The van der Waals surface area contributed by atoms with Crippen LogP contribution in [0.3, 0.4) is 0 Å². The number of anilines is 1. The molecule has 0 unspecified atom stereocenters. The average Bonchev–Trinajstić information content (AvgIpc) is 2.25. The van der Waals surface area contributed by atoms with E-state index in [0.717, 1.165) is 0 Å². The van der Waals surface area contributed by atoms with E-state index in [4.69, 9.17) is 4.74 Å². The van der Waals surface area contributed by atoms with Crippen LogP contribution in [0.4, 0.5) is 10.1 Å². The van der Waals surface area contributed by atoms with E-state index in [0.29, 0.717) is 5.75 Å². The lowest BCUT2D eigenvalue weighted by Crippen LogP contribution is -2.38. The normalized spacial score (nSPS) is 12.6. The first-order chi connectivity index (χ1) is 9.03. The molecule has 1 N–H and O–H groups in total. The second-order valence-electron chi connectivity index (χ2n) is 5.69. The summed E-state index contributed by atoms with van der Waals surface area (Å²) in [7, 11) is -3.22. The quantitative estimate of drug-likeness (QED) is 0.878. The van der Waals surface area contributed by atoms with Gasteiger partial charge in [-0.05, 0) is 39.8 Å². The highest BCUT2D eigenvalue weighted by atomic mass is 32.2. The van der Waals surface area contributed by atoms with Gasteiger partial charge in [-0.2, -0.15) is 0 Å². The Morgan fingerprint density at radius 2 is 1.95 bits per heavy atom. The fourth-order valence-corrected chi connectivity index (χ4v) is 1.76. The highest BCUT2D eigenvalue weighted by molar-refractivity contribution is 7.92. The molecule has 0 bridgehead atoms. The van der Waals surface area contributed by atoms with E-state index < -0.39 is 20.4 Å². The van der Waals surface area contributed by atoms with Crippen LogP contribution >= 0.6 is 0 Å². The fourth-order valence-electron chi connectivity index (χ4n) is 1.42. The van der Waals surface area contributed by atoms with Gasteiger partial charge in [-0.25, -0.2) is 12.8 Å². The largest absolute Gasteiger partial charge is 0.491 e. The minimum Gasteiger partial charge on any atom is -0.491 e. The van der Waals surface area contributed by atoms with Crippen molar-refractivity contribution in [1.82, 2.24) is 0 Å². The highest BCUT2D eigenvalue weighted by Crippen LogP contribution is 2.23. The Hall–Kier alpha value is -1.30. The number of rotatable bonds is 6. The molecule has 20 heavy (non-hydrogen) atoms. The number of hydrogen-bond donors (Lipinski definition) is 1. The molecule has 0 aliphatic rings. The Morgan fingerprint density at radius 3 is 2.40 bits per heavy atom. The lowest BCUT2D eigenvalue weighted by atomic mass is 10.2. The summed E-state index contributed by atoms with van der Waals surface area (Å²) >= 11 is 0. The first-order valence-corrected chi connectivity index (χ1v) is 8.32. The van der Waals surface area contributed by atoms with E-state index in [-0.39, 0.29) is 18.3 Å². The first kappa shape index (κ1) is 16.8. The van der Waals surface area contributed by atoms with Gasteiger partial charge < -0.3 is 10.1 Å². The Morgan fingerprint density at radius 1 is 1.35 bits per heavy atom. The topological polar surface area (TPSA) is 55.4 Å². The summed E-state index contributed by atoms with van der Waals surface area (Å²) in [6.45, 7) is 7.05. The van der Waals surface area contributed by atoms with Crippen LogP contribution in [0.5, 0.6) is 5.75 Å². The van der Waals surface area contributed by atoms with Crippen LogP contribution in [0, 0.1) is 5.82 Å². The molecule has 1 rings (SSSR count). The maximum Gasteiger partial charge on any atom is 0.154 e. The number of hydrogen-bond acceptors (Lipinski definition) is 4. The van der Waals surface area contributed by atoms with Gasteiger partial charge in [0.2, 0.25) is 0 Å². The van der Waals surface area contributed by atoms with E-state index in [9.17, 15) is 12.8 Å². The summed E-state index contributed by atoms with van der Waals surface area (Å²) in [5, 5.41) is 2.83. The maximum atomic E-state index is 13.9. The van der Waals surface area contributed by atoms with Crippen molar-refractivity contribution in [2.75, 3.05) is 18.1 Å². The zero-order chi connectivity index (χ0) is 15.6. The van der Waals surface area contributed by atoms with Crippen molar-refractivity contribution in [3.63, 3.8) is 0 Å². The Kier molecular flexibility index (Phi) is 5.02. The molecule has 0 fully saturated rings. The minimum atomic E-state index is -3.22. The monoisotopic (exact) mass is 303 g/mol. The molecular weight excluding hydrogens is 281 g/mol. The van der Waals surface area contributed by atoms with Crippen LogP contribution in [-0.4, -0.2) is 32.1 Å². The van der Waals surface area contributed by atoms with Crippen LogP contribution in [0.2, 0.25) is 0 Å². The number of nitrogens with one attached hydrogen (secondary N) is 1. The molecular formula is C14H22FNO3S. The lowest BCUT2D eigenvalue weighted by molar-refractivity contribution is 0.241. The van der Waals surface area contributed by atoms with Gasteiger partial charge >= 0.3 is 0 Å². The number of sulfone groups is 1. The molecule has 0 atom stereocenters. The van der Waals surface area contributed by atoms with Gasteiger partial charge in [-0.1, -0.05) is 0 Å². The van der Waals surface area contributed by atoms with Crippen molar-refractivity contribution in [2.24, 2.45) is 0 Å². The molecule has 0 saturated carbocycles. The van der Waals surface area contributed by atoms with Crippen LogP contribution in [0.1, 0.15) is 27.7 Å². The van der Waals surface area contributed by atoms with Crippen molar-refractivity contribution in [1.29, 1.82) is 0 Å². The minimum absolute atomic E-state index is 0.0302. The summed E-state index contributed by atoms with van der Waals surface area (Å²) in [6, 6.07) is 4.49. The Bertz CT molecular complexity index is 568. The van der Waals surface area contributed by atoms with Gasteiger partial charge in [0.1, 0.15) is 11.6 Å². The van der Waals surface area contributed by atoms with E-state index >= 15 is 0 Å². The Balaban J connectivity index is 2.80. The van der Waals surface area contributed by atoms with Gasteiger partial charge in [0, 0.05) is 18.9 Å². The number of ether oxygens (including phenoxy) is 1. The van der Waals surface area contributed by atoms with Crippen molar-refractivity contribution >= 4 is 15.5 Å². The molecule has 0 radical (unpaired) electrons. The van der Waals surface area contributed by atoms with Crippen LogP contribution < -0.4 is 10.1 Å². The Labute approximate surface area is 120 Å². The van der Waals surface area contributed by atoms with Gasteiger partial charge in [0.25, 0.3) is 0 Å². The van der Waals surface area contributed by atoms with Crippen molar-refractivity contribution < 1.29 is 17.5 Å². The maximum absolute atomic E-state index is 13.9. The molecule has 0 amide bonds. The summed E-state index contributed by atoms with van der Waals surface area (Å²) < 4.78 is 41.5. The zero-order valence-corrected chi connectivity index (χ0v) is 13.3. The van der Waals surface area contributed by atoms with Gasteiger partial charge in [-0.15, -0.1) is 0 Å². The molecule has 6 heteroatoms. The molecule has 0 aliphatic carbocycles. The lowest BCUT2D eigenvalue weighted by Gasteiger charge is -2.23. The zero-order valence-electron chi connectivity index (χ0n) is 12.5. The predicted molar refractivity (Wildman–Crippen MR) is 79.6 cm³/mol. The molecule has 0 spiro atoms. The van der Waals surface area contributed by atoms with E-state index in [1.165, 1.54) is 12.3 Å². The average molecular weight is 303 g/mol. The molecule has 0 heterocycles. The predicted octanol–water partition coefficient (Wildman–Crippen LogP) is 2.85. The van der Waals surface area contributed by atoms with Crippen LogP contribution in [-0.2, 0) is 9.84 Å². The smallest absolute Gasteiger partial charge is 0.154 e. The van der Waals surface area contributed by atoms with E-state index in [1.54, 1.807) is 26.0 Å². The van der Waals surface area contributed by atoms with Crippen LogP contribution in [0.25, 0.3) is 0 Å². The SMILES string of the molecule is CC(C)Oc1ccc(NCC(C)(C)S(C)(=O)=O)c(F)c1. The second kappa shape index (κ2) is 5.99. The van der Waals surface area contributed by atoms with Gasteiger partial charge in [0.05, 0.1) is 16.5 Å². The third-order valence-electron chi connectivity index (χ3n) is 3.02. The molecule has 0 saturated heterocycles. The first-order valence-electron chi connectivity index (χ1n) is 6.42. The third-order valence-corrected chi connectivity index (χ3v) is 5.17.